The topological polar surface area (TPSA) is 46.2 Å². The van der Waals surface area contributed by atoms with Gasteiger partial charge >= 0.3 is 0 Å². The number of fused-ring (bicyclic) bond motifs is 1. The Hall–Kier alpha value is -1.70. The first-order valence-electron chi connectivity index (χ1n) is 5.22. The Labute approximate surface area is 89.3 Å². The van der Waals surface area contributed by atoms with Gasteiger partial charge in [0, 0.05) is 11.1 Å². The van der Waals surface area contributed by atoms with E-state index in [0.29, 0.717) is 5.75 Å². The van der Waals surface area contributed by atoms with Crippen molar-refractivity contribution in [1.82, 2.24) is 0 Å². The van der Waals surface area contributed by atoms with Crippen LogP contribution in [0.3, 0.4) is 0 Å². The fourth-order valence-electron chi connectivity index (χ4n) is 1.95. The zero-order chi connectivity index (χ0) is 10.8. The summed E-state index contributed by atoms with van der Waals surface area (Å²) < 4.78 is 0. The standard InChI is InChI=1S/C13H15NO/c1-2-4-9-7-10(15)8-12-11(9)5-3-6-13(12)14/h3,5-8,15H,2,4,14H2,1H3. The van der Waals surface area contributed by atoms with E-state index in [9.17, 15) is 5.11 Å². The number of aryl methyl sites for hydroxylation is 1. The SMILES string of the molecule is CCCc1cc(O)cc2c(N)cccc12. The van der Waals surface area contributed by atoms with E-state index in [0.717, 1.165) is 29.3 Å². The van der Waals surface area contributed by atoms with Gasteiger partial charge in [-0.2, -0.15) is 0 Å². The Balaban J connectivity index is 2.74. The summed E-state index contributed by atoms with van der Waals surface area (Å²) in [5.74, 6) is 0.295. The summed E-state index contributed by atoms with van der Waals surface area (Å²) in [6.07, 6.45) is 2.03. The van der Waals surface area contributed by atoms with Gasteiger partial charge in [-0.3, -0.25) is 0 Å². The summed E-state index contributed by atoms with van der Waals surface area (Å²) in [5.41, 5.74) is 7.77. The molecule has 0 amide bonds. The third kappa shape index (κ3) is 1.75. The Morgan fingerprint density at radius 3 is 2.73 bits per heavy atom. The number of hydrogen-bond donors (Lipinski definition) is 2. The first-order chi connectivity index (χ1) is 7.22. The molecule has 0 aliphatic carbocycles. The minimum Gasteiger partial charge on any atom is -0.508 e. The van der Waals surface area contributed by atoms with Crippen LogP contribution in [0.5, 0.6) is 5.75 Å². The molecular formula is C13H15NO. The van der Waals surface area contributed by atoms with E-state index in [1.165, 1.54) is 5.56 Å². The van der Waals surface area contributed by atoms with Gasteiger partial charge in [0.15, 0.2) is 0 Å². The first kappa shape index (κ1) is 9.84. The van der Waals surface area contributed by atoms with E-state index in [-0.39, 0.29) is 0 Å². The van der Waals surface area contributed by atoms with Crippen molar-refractivity contribution in [2.45, 2.75) is 19.8 Å². The van der Waals surface area contributed by atoms with Crippen molar-refractivity contribution in [3.63, 3.8) is 0 Å². The number of nitrogen functional groups attached to an aromatic ring is 1. The summed E-state index contributed by atoms with van der Waals surface area (Å²) >= 11 is 0. The van der Waals surface area contributed by atoms with Crippen molar-refractivity contribution in [1.29, 1.82) is 0 Å². The second-order valence-electron chi connectivity index (χ2n) is 3.80. The summed E-state index contributed by atoms with van der Waals surface area (Å²) in [4.78, 5) is 0. The number of phenols is 1. The van der Waals surface area contributed by atoms with Crippen molar-refractivity contribution in [3.05, 3.63) is 35.9 Å². The van der Waals surface area contributed by atoms with Gasteiger partial charge in [0.05, 0.1) is 0 Å². The Morgan fingerprint density at radius 2 is 2.00 bits per heavy atom. The highest BCUT2D eigenvalue weighted by atomic mass is 16.3. The van der Waals surface area contributed by atoms with Crippen LogP contribution in [-0.2, 0) is 6.42 Å². The molecule has 0 heterocycles. The second-order valence-corrected chi connectivity index (χ2v) is 3.80. The lowest BCUT2D eigenvalue weighted by Gasteiger charge is -2.08. The molecule has 0 aromatic heterocycles. The molecule has 0 aliphatic rings. The molecule has 0 aliphatic heterocycles. The molecule has 2 rings (SSSR count). The highest BCUT2D eigenvalue weighted by Gasteiger charge is 2.04. The fourth-order valence-corrected chi connectivity index (χ4v) is 1.95. The molecule has 2 heteroatoms. The number of phenolic OH excluding ortho intramolecular Hbond substituents is 1. The predicted octanol–water partition coefficient (Wildman–Crippen LogP) is 3.08. The maximum absolute atomic E-state index is 9.61. The van der Waals surface area contributed by atoms with Crippen molar-refractivity contribution in [2.75, 3.05) is 5.73 Å². The number of rotatable bonds is 2. The van der Waals surface area contributed by atoms with E-state index in [4.69, 9.17) is 5.73 Å². The lowest BCUT2D eigenvalue weighted by atomic mass is 9.99. The molecule has 0 saturated carbocycles. The number of nitrogens with two attached hydrogens (primary N) is 1. The smallest absolute Gasteiger partial charge is 0.116 e. The zero-order valence-corrected chi connectivity index (χ0v) is 8.83. The van der Waals surface area contributed by atoms with Gasteiger partial charge in [-0.1, -0.05) is 25.5 Å². The molecule has 0 unspecified atom stereocenters. The average Bonchev–Trinajstić information content (AvgIpc) is 2.20. The number of hydrogen-bond acceptors (Lipinski definition) is 2. The highest BCUT2D eigenvalue weighted by molar-refractivity contribution is 5.96. The molecule has 0 radical (unpaired) electrons. The molecule has 15 heavy (non-hydrogen) atoms. The van der Waals surface area contributed by atoms with Crippen LogP contribution >= 0.6 is 0 Å². The summed E-state index contributed by atoms with van der Waals surface area (Å²) in [5, 5.41) is 11.7. The maximum atomic E-state index is 9.61. The molecule has 2 aromatic rings. The van der Waals surface area contributed by atoms with Crippen LogP contribution in [0, 0.1) is 0 Å². The van der Waals surface area contributed by atoms with Gasteiger partial charge in [-0.15, -0.1) is 0 Å². The summed E-state index contributed by atoms with van der Waals surface area (Å²) in [6.45, 7) is 2.13. The van der Waals surface area contributed by atoms with Crippen molar-refractivity contribution < 1.29 is 5.11 Å². The molecule has 0 atom stereocenters. The summed E-state index contributed by atoms with van der Waals surface area (Å²) in [6, 6.07) is 9.41. The van der Waals surface area contributed by atoms with Gasteiger partial charge < -0.3 is 10.8 Å². The monoisotopic (exact) mass is 201 g/mol. The van der Waals surface area contributed by atoms with Crippen LogP contribution in [0.25, 0.3) is 10.8 Å². The van der Waals surface area contributed by atoms with Gasteiger partial charge in [-0.05, 0) is 35.6 Å². The Bertz CT molecular complexity index is 491. The molecule has 3 N–H and O–H groups in total. The van der Waals surface area contributed by atoms with Crippen molar-refractivity contribution in [2.24, 2.45) is 0 Å². The third-order valence-corrected chi connectivity index (χ3v) is 2.62. The van der Waals surface area contributed by atoms with Gasteiger partial charge in [0.25, 0.3) is 0 Å². The summed E-state index contributed by atoms with van der Waals surface area (Å²) in [7, 11) is 0. The maximum Gasteiger partial charge on any atom is 0.116 e. The molecule has 2 nitrogen and oxygen atoms in total. The average molecular weight is 201 g/mol. The normalized spacial score (nSPS) is 10.7. The van der Waals surface area contributed by atoms with Crippen molar-refractivity contribution >= 4 is 16.5 Å². The first-order valence-corrected chi connectivity index (χ1v) is 5.22. The molecule has 0 saturated heterocycles. The molecule has 0 bridgehead atoms. The Kier molecular flexibility index (Phi) is 2.50. The zero-order valence-electron chi connectivity index (χ0n) is 8.83. The largest absolute Gasteiger partial charge is 0.508 e. The number of aromatic hydroxyl groups is 1. The highest BCUT2D eigenvalue weighted by Crippen LogP contribution is 2.29. The van der Waals surface area contributed by atoms with Crippen LogP contribution in [0.4, 0.5) is 5.69 Å². The number of anilines is 1. The molecular weight excluding hydrogens is 186 g/mol. The van der Waals surface area contributed by atoms with Gasteiger partial charge in [-0.25, -0.2) is 0 Å². The van der Waals surface area contributed by atoms with Crippen LogP contribution in [0.15, 0.2) is 30.3 Å². The van der Waals surface area contributed by atoms with E-state index in [1.807, 2.05) is 18.2 Å². The lowest BCUT2D eigenvalue weighted by molar-refractivity contribution is 0.475. The minimum absolute atomic E-state index is 0.295. The van der Waals surface area contributed by atoms with E-state index in [2.05, 4.69) is 13.0 Å². The quantitative estimate of drug-likeness (QED) is 0.733. The van der Waals surface area contributed by atoms with Crippen LogP contribution in [0.1, 0.15) is 18.9 Å². The van der Waals surface area contributed by atoms with E-state index < -0.39 is 0 Å². The van der Waals surface area contributed by atoms with Gasteiger partial charge in [0.2, 0.25) is 0 Å². The molecule has 0 spiro atoms. The van der Waals surface area contributed by atoms with Gasteiger partial charge in [0.1, 0.15) is 5.75 Å². The molecule has 0 fully saturated rings. The Morgan fingerprint density at radius 1 is 1.20 bits per heavy atom. The van der Waals surface area contributed by atoms with Crippen molar-refractivity contribution in [3.8, 4) is 5.75 Å². The van der Waals surface area contributed by atoms with Crippen LogP contribution in [0.2, 0.25) is 0 Å². The van der Waals surface area contributed by atoms with Crippen LogP contribution in [-0.4, -0.2) is 5.11 Å². The third-order valence-electron chi connectivity index (χ3n) is 2.62. The molecule has 2 aromatic carbocycles. The predicted molar refractivity (Wildman–Crippen MR) is 64.0 cm³/mol. The molecule has 78 valence electrons. The lowest BCUT2D eigenvalue weighted by Crippen LogP contribution is -1.90. The number of benzene rings is 2. The second kappa shape index (κ2) is 3.81. The fraction of sp³-hybridized carbons (Fsp3) is 0.231. The van der Waals surface area contributed by atoms with E-state index >= 15 is 0 Å². The minimum atomic E-state index is 0.295. The van der Waals surface area contributed by atoms with E-state index in [1.54, 1.807) is 6.07 Å². The van der Waals surface area contributed by atoms with Crippen LogP contribution < -0.4 is 5.73 Å².